The molecule has 0 atom stereocenters. The number of anilines is 1. The maximum atomic E-state index is 12.1. The van der Waals surface area contributed by atoms with Gasteiger partial charge < -0.3 is 10.6 Å². The summed E-state index contributed by atoms with van der Waals surface area (Å²) >= 11 is 0. The van der Waals surface area contributed by atoms with Crippen molar-refractivity contribution in [3.63, 3.8) is 0 Å². The lowest BCUT2D eigenvalue weighted by Crippen LogP contribution is -2.32. The number of unbranched alkanes of at least 4 members (excludes halogenated alkanes) is 1. The molecule has 0 aromatic carbocycles. The van der Waals surface area contributed by atoms with Crippen LogP contribution in [0.5, 0.6) is 0 Å². The number of nitrogen functional groups attached to an aromatic ring is 1. The van der Waals surface area contributed by atoms with E-state index < -0.39 is 0 Å². The van der Waals surface area contributed by atoms with Crippen molar-refractivity contribution in [2.45, 2.75) is 26.7 Å². The fourth-order valence-corrected chi connectivity index (χ4v) is 1.53. The molecule has 5 nitrogen and oxygen atoms in total. The Kier molecular flexibility index (Phi) is 4.34. The molecular formula is C11H20N4O. The van der Waals surface area contributed by atoms with Gasteiger partial charge in [-0.05, 0) is 13.3 Å². The quantitative estimate of drug-likeness (QED) is 0.819. The van der Waals surface area contributed by atoms with Gasteiger partial charge in [-0.15, -0.1) is 0 Å². The maximum Gasteiger partial charge on any atom is 0.259 e. The van der Waals surface area contributed by atoms with Crippen LogP contribution >= 0.6 is 0 Å². The molecule has 1 aromatic rings. The van der Waals surface area contributed by atoms with Crippen LogP contribution in [0.1, 0.15) is 37.0 Å². The lowest BCUT2D eigenvalue weighted by atomic mass is 10.2. The number of hydrogen-bond donors (Lipinski definition) is 1. The number of amides is 1. The first kappa shape index (κ1) is 12.5. The summed E-state index contributed by atoms with van der Waals surface area (Å²) in [5.74, 6) is 0.404. The maximum absolute atomic E-state index is 12.1. The van der Waals surface area contributed by atoms with Gasteiger partial charge in [0.2, 0.25) is 0 Å². The summed E-state index contributed by atoms with van der Waals surface area (Å²) in [5.41, 5.74) is 6.28. The third kappa shape index (κ3) is 2.53. The summed E-state index contributed by atoms with van der Waals surface area (Å²) in [7, 11) is 1.73. The monoisotopic (exact) mass is 224 g/mol. The Morgan fingerprint density at radius 3 is 2.69 bits per heavy atom. The van der Waals surface area contributed by atoms with Gasteiger partial charge in [-0.1, -0.05) is 13.3 Å². The largest absolute Gasteiger partial charge is 0.383 e. The van der Waals surface area contributed by atoms with Gasteiger partial charge in [0.15, 0.2) is 0 Å². The number of aromatic nitrogens is 2. The molecule has 0 saturated carbocycles. The normalized spacial score (nSPS) is 10.4. The average Bonchev–Trinajstić information content (AvgIpc) is 2.60. The average molecular weight is 224 g/mol. The first-order valence-corrected chi connectivity index (χ1v) is 5.68. The molecule has 1 rings (SSSR count). The molecular weight excluding hydrogens is 204 g/mol. The van der Waals surface area contributed by atoms with E-state index in [-0.39, 0.29) is 5.91 Å². The highest BCUT2D eigenvalue weighted by molar-refractivity contribution is 5.98. The molecule has 0 bridgehead atoms. The topological polar surface area (TPSA) is 64.2 Å². The smallest absolute Gasteiger partial charge is 0.259 e. The fraction of sp³-hybridized carbons (Fsp3) is 0.636. The van der Waals surface area contributed by atoms with Gasteiger partial charge in [0.25, 0.3) is 5.91 Å². The highest BCUT2D eigenvalue weighted by Gasteiger charge is 2.18. The van der Waals surface area contributed by atoms with E-state index in [2.05, 4.69) is 12.0 Å². The van der Waals surface area contributed by atoms with Crippen LogP contribution in [-0.2, 0) is 7.05 Å². The zero-order chi connectivity index (χ0) is 12.1. The number of nitrogens with two attached hydrogens (primary N) is 1. The third-order valence-electron chi connectivity index (χ3n) is 2.67. The molecule has 0 aliphatic carbocycles. The van der Waals surface area contributed by atoms with Crippen LogP contribution in [0.4, 0.5) is 5.82 Å². The Hall–Kier alpha value is -1.52. The Labute approximate surface area is 96.2 Å². The number of hydrogen-bond acceptors (Lipinski definition) is 3. The third-order valence-corrected chi connectivity index (χ3v) is 2.67. The first-order chi connectivity index (χ1) is 7.61. The Morgan fingerprint density at radius 2 is 2.25 bits per heavy atom. The Bertz CT molecular complexity index is 359. The molecule has 0 saturated heterocycles. The molecule has 1 heterocycles. The fourth-order valence-electron chi connectivity index (χ4n) is 1.53. The Balaban J connectivity index is 2.79. The van der Waals surface area contributed by atoms with E-state index in [1.807, 2.05) is 6.92 Å². The van der Waals surface area contributed by atoms with Gasteiger partial charge in [0, 0.05) is 20.1 Å². The zero-order valence-electron chi connectivity index (χ0n) is 10.2. The van der Waals surface area contributed by atoms with Crippen LogP contribution in [0.15, 0.2) is 6.20 Å². The predicted octanol–water partition coefficient (Wildman–Crippen LogP) is 1.26. The number of nitrogens with zero attached hydrogens (tertiary/aromatic N) is 3. The van der Waals surface area contributed by atoms with E-state index in [1.54, 1.807) is 11.9 Å². The van der Waals surface area contributed by atoms with Crippen molar-refractivity contribution in [3.05, 3.63) is 11.8 Å². The van der Waals surface area contributed by atoms with E-state index in [9.17, 15) is 4.79 Å². The zero-order valence-corrected chi connectivity index (χ0v) is 10.2. The lowest BCUT2D eigenvalue weighted by molar-refractivity contribution is 0.0763. The van der Waals surface area contributed by atoms with Crippen molar-refractivity contribution in [2.24, 2.45) is 7.05 Å². The summed E-state index contributed by atoms with van der Waals surface area (Å²) < 4.78 is 1.51. The highest BCUT2D eigenvalue weighted by atomic mass is 16.2. The molecule has 1 aromatic heterocycles. The van der Waals surface area contributed by atoms with Gasteiger partial charge in [-0.2, -0.15) is 5.10 Å². The van der Waals surface area contributed by atoms with Crippen molar-refractivity contribution in [1.82, 2.24) is 14.7 Å². The van der Waals surface area contributed by atoms with E-state index >= 15 is 0 Å². The van der Waals surface area contributed by atoms with Gasteiger partial charge >= 0.3 is 0 Å². The molecule has 2 N–H and O–H groups in total. The molecule has 0 aliphatic heterocycles. The number of carbonyl (C=O) groups excluding carboxylic acids is 1. The van der Waals surface area contributed by atoms with Gasteiger partial charge in [-0.3, -0.25) is 9.48 Å². The molecule has 5 heteroatoms. The van der Waals surface area contributed by atoms with E-state index in [0.29, 0.717) is 17.9 Å². The van der Waals surface area contributed by atoms with Crippen LogP contribution in [0.3, 0.4) is 0 Å². The van der Waals surface area contributed by atoms with Crippen molar-refractivity contribution in [2.75, 3.05) is 18.8 Å². The molecule has 16 heavy (non-hydrogen) atoms. The Morgan fingerprint density at radius 1 is 1.56 bits per heavy atom. The molecule has 0 radical (unpaired) electrons. The molecule has 0 fully saturated rings. The predicted molar refractivity (Wildman–Crippen MR) is 64.1 cm³/mol. The summed E-state index contributed by atoms with van der Waals surface area (Å²) in [4.78, 5) is 13.9. The molecule has 0 spiro atoms. The second kappa shape index (κ2) is 5.53. The van der Waals surface area contributed by atoms with Crippen LogP contribution in [0.25, 0.3) is 0 Å². The van der Waals surface area contributed by atoms with E-state index in [4.69, 9.17) is 5.73 Å². The molecule has 1 amide bonds. The summed E-state index contributed by atoms with van der Waals surface area (Å²) in [6, 6.07) is 0. The molecule has 90 valence electrons. The van der Waals surface area contributed by atoms with Gasteiger partial charge in [0.05, 0.1) is 6.20 Å². The van der Waals surface area contributed by atoms with E-state index in [0.717, 1.165) is 19.4 Å². The van der Waals surface area contributed by atoms with Crippen LogP contribution in [-0.4, -0.2) is 33.7 Å². The standard InChI is InChI=1S/C11H20N4O/c1-4-6-7-15(5-2)11(16)9-8-13-14(3)10(9)12/h8H,4-7,12H2,1-3H3. The van der Waals surface area contributed by atoms with Gasteiger partial charge in [-0.25, -0.2) is 0 Å². The molecule has 0 unspecified atom stereocenters. The summed E-state index contributed by atoms with van der Waals surface area (Å²) in [5, 5.41) is 3.98. The summed E-state index contributed by atoms with van der Waals surface area (Å²) in [6.07, 6.45) is 3.62. The minimum absolute atomic E-state index is 0.0263. The second-order valence-electron chi connectivity index (χ2n) is 3.81. The van der Waals surface area contributed by atoms with E-state index in [1.165, 1.54) is 10.9 Å². The number of aryl methyl sites for hydroxylation is 1. The van der Waals surface area contributed by atoms with Gasteiger partial charge in [0.1, 0.15) is 11.4 Å². The van der Waals surface area contributed by atoms with Crippen LogP contribution < -0.4 is 5.73 Å². The van der Waals surface area contributed by atoms with Crippen LogP contribution in [0.2, 0.25) is 0 Å². The van der Waals surface area contributed by atoms with Crippen molar-refractivity contribution < 1.29 is 4.79 Å². The first-order valence-electron chi connectivity index (χ1n) is 5.68. The minimum atomic E-state index is -0.0263. The van der Waals surface area contributed by atoms with Crippen molar-refractivity contribution in [3.8, 4) is 0 Å². The number of rotatable bonds is 5. The molecule has 0 aliphatic rings. The summed E-state index contributed by atoms with van der Waals surface area (Å²) in [6.45, 7) is 5.56. The second-order valence-corrected chi connectivity index (χ2v) is 3.81. The van der Waals surface area contributed by atoms with Crippen molar-refractivity contribution >= 4 is 11.7 Å². The SMILES string of the molecule is CCCCN(CC)C(=O)c1cnn(C)c1N. The minimum Gasteiger partial charge on any atom is -0.383 e. The van der Waals surface area contributed by atoms with Crippen molar-refractivity contribution in [1.29, 1.82) is 0 Å². The highest BCUT2D eigenvalue weighted by Crippen LogP contribution is 2.12. The number of carbonyl (C=O) groups is 1. The lowest BCUT2D eigenvalue weighted by Gasteiger charge is -2.20. The van der Waals surface area contributed by atoms with Crippen LogP contribution in [0, 0.1) is 0 Å².